The van der Waals surface area contributed by atoms with Crippen LogP contribution < -0.4 is 0 Å². The first-order valence-corrected chi connectivity index (χ1v) is 6.53. The van der Waals surface area contributed by atoms with E-state index in [0.717, 1.165) is 15.6 Å². The third kappa shape index (κ3) is 7.30. The fourth-order valence-electron chi connectivity index (χ4n) is 1.02. The van der Waals surface area contributed by atoms with Crippen molar-refractivity contribution < 1.29 is 14.2 Å². The van der Waals surface area contributed by atoms with E-state index in [1.807, 2.05) is 41.5 Å². The van der Waals surface area contributed by atoms with Crippen LogP contribution in [0.4, 0.5) is 0 Å². The summed E-state index contributed by atoms with van der Waals surface area (Å²) in [6, 6.07) is 0. The van der Waals surface area contributed by atoms with Crippen LogP contribution in [0.2, 0.25) is 0 Å². The molecule has 0 N–H and O–H groups in total. The number of hydrogen-bond donors (Lipinski definition) is 0. The highest BCUT2D eigenvalue weighted by molar-refractivity contribution is 6.20. The maximum absolute atomic E-state index is 5.61. The summed E-state index contributed by atoms with van der Waals surface area (Å²) in [5.41, 5.74) is 0. The van der Waals surface area contributed by atoms with E-state index in [4.69, 9.17) is 14.2 Å². The van der Waals surface area contributed by atoms with Crippen molar-refractivity contribution in [1.29, 1.82) is 0 Å². The Hall–Kier alpha value is -0.643. The van der Waals surface area contributed by atoms with Crippen LogP contribution in [0.25, 0.3) is 0 Å². The Bertz CT molecular complexity index is 198. The van der Waals surface area contributed by atoms with Crippen molar-refractivity contribution in [2.45, 2.75) is 59.9 Å². The molecule has 3 nitrogen and oxygen atoms in total. The minimum atomic E-state index is 0.110. The molecule has 0 amide bonds. The van der Waals surface area contributed by atoms with Crippen molar-refractivity contribution >= 4 is 10.2 Å². The lowest BCUT2D eigenvalue weighted by Crippen LogP contribution is -2.15. The Morgan fingerprint density at radius 2 is 1.07 bits per heavy atom. The third-order valence-corrected chi connectivity index (χ3v) is 2.03. The number of ether oxygens (including phenoxy) is 3. The molecule has 0 aliphatic heterocycles. The second kappa shape index (κ2) is 6.77. The lowest BCUT2D eigenvalue weighted by Gasteiger charge is -2.20. The summed E-state index contributed by atoms with van der Waals surface area (Å²) in [5.74, 6) is 0.556. The first-order chi connectivity index (χ1) is 6.82. The quantitative estimate of drug-likeness (QED) is 0.516. The van der Waals surface area contributed by atoms with Gasteiger partial charge in [-0.25, -0.2) is 0 Å². The fraction of sp³-hybridized carbons (Fsp3) is 0.818. The maximum atomic E-state index is 5.61. The predicted molar refractivity (Wildman–Crippen MR) is 65.6 cm³/mol. The summed E-state index contributed by atoms with van der Waals surface area (Å²) in [6.07, 6.45) is 0.385. The van der Waals surface area contributed by atoms with Crippen LogP contribution >= 0.6 is 0 Å². The molecule has 0 atom stereocenters. The van der Waals surface area contributed by atoms with E-state index in [2.05, 4.69) is 0 Å². The average Bonchev–Trinajstić information content (AvgIpc) is 1.99. The summed E-state index contributed by atoms with van der Waals surface area (Å²) < 4.78 is 16.8. The number of rotatable bonds is 6. The minimum absolute atomic E-state index is 0.110. The van der Waals surface area contributed by atoms with E-state index >= 15 is 0 Å². The second-order valence-corrected chi connectivity index (χ2v) is 5.25. The van der Waals surface area contributed by atoms with Crippen LogP contribution in [-0.2, 0) is 14.2 Å². The Kier molecular flexibility index (Phi) is 6.48. The van der Waals surface area contributed by atoms with E-state index in [9.17, 15) is 0 Å². The molecule has 0 radical (unpaired) electrons. The van der Waals surface area contributed by atoms with Crippen molar-refractivity contribution in [3.63, 3.8) is 0 Å². The third-order valence-electron chi connectivity index (χ3n) is 1.39. The molecule has 0 aromatic heterocycles. The molecule has 0 unspecified atom stereocenters. The first-order valence-electron chi connectivity index (χ1n) is 5.53. The molecule has 0 aliphatic rings. The van der Waals surface area contributed by atoms with Gasteiger partial charge in [0.05, 0.1) is 28.6 Å². The Balaban J connectivity index is 4.56. The summed E-state index contributed by atoms with van der Waals surface area (Å²) in [4.78, 5) is 0. The Morgan fingerprint density at radius 3 is 1.33 bits per heavy atom. The molecule has 0 fully saturated rings. The second-order valence-electron chi connectivity index (χ2n) is 4.34. The monoisotopic (exact) mass is 232 g/mol. The minimum Gasteiger partial charge on any atom is -0.494 e. The SMILES string of the molecule is CC(C)OC([SiH3])=C(OC(C)C)OC(C)C. The molecule has 4 heteroatoms. The zero-order chi connectivity index (χ0) is 12.0. The molecule has 0 spiro atoms. The Labute approximate surface area is 96.2 Å². The van der Waals surface area contributed by atoms with Gasteiger partial charge < -0.3 is 14.2 Å². The largest absolute Gasteiger partial charge is 0.494 e. The number of hydrogen-bond acceptors (Lipinski definition) is 3. The van der Waals surface area contributed by atoms with E-state index in [-0.39, 0.29) is 18.3 Å². The molecule has 0 rings (SSSR count). The first kappa shape index (κ1) is 14.4. The predicted octanol–water partition coefficient (Wildman–Crippen LogP) is 1.75. The smallest absolute Gasteiger partial charge is 0.312 e. The van der Waals surface area contributed by atoms with Crippen molar-refractivity contribution in [1.82, 2.24) is 0 Å². The van der Waals surface area contributed by atoms with Crippen LogP contribution in [0.5, 0.6) is 0 Å². The van der Waals surface area contributed by atoms with Gasteiger partial charge in [-0.2, -0.15) is 0 Å². The van der Waals surface area contributed by atoms with E-state index in [1.165, 1.54) is 0 Å². The van der Waals surface area contributed by atoms with E-state index in [0.29, 0.717) is 5.95 Å². The van der Waals surface area contributed by atoms with Crippen LogP contribution in [0.15, 0.2) is 11.3 Å². The molecule has 15 heavy (non-hydrogen) atoms. The van der Waals surface area contributed by atoms with Gasteiger partial charge in [0.1, 0.15) is 5.38 Å². The topological polar surface area (TPSA) is 27.7 Å². The average molecular weight is 232 g/mol. The molecule has 0 aromatic carbocycles. The van der Waals surface area contributed by atoms with Crippen LogP contribution in [0.1, 0.15) is 41.5 Å². The van der Waals surface area contributed by atoms with Gasteiger partial charge in [0.15, 0.2) is 0 Å². The van der Waals surface area contributed by atoms with Crippen molar-refractivity contribution in [2.24, 2.45) is 0 Å². The van der Waals surface area contributed by atoms with E-state index < -0.39 is 0 Å². The van der Waals surface area contributed by atoms with Gasteiger partial charge >= 0.3 is 5.95 Å². The highest BCUT2D eigenvalue weighted by Gasteiger charge is 2.12. The molecular formula is C11H24O3Si. The summed E-state index contributed by atoms with van der Waals surface area (Å²) >= 11 is 0. The van der Waals surface area contributed by atoms with Gasteiger partial charge in [-0.3, -0.25) is 0 Å². The molecule has 90 valence electrons. The summed E-state index contributed by atoms with van der Waals surface area (Å²) in [6.45, 7) is 11.9. The van der Waals surface area contributed by atoms with Gasteiger partial charge in [0.25, 0.3) is 0 Å². The van der Waals surface area contributed by atoms with Crippen molar-refractivity contribution in [2.75, 3.05) is 0 Å². The van der Waals surface area contributed by atoms with Crippen LogP contribution in [0.3, 0.4) is 0 Å². The highest BCUT2D eigenvalue weighted by Crippen LogP contribution is 2.13. The van der Waals surface area contributed by atoms with Gasteiger partial charge in [0, 0.05) is 0 Å². The Morgan fingerprint density at radius 1 is 0.733 bits per heavy atom. The lowest BCUT2D eigenvalue weighted by molar-refractivity contribution is -0.0331. The van der Waals surface area contributed by atoms with Crippen LogP contribution in [0, 0.1) is 0 Å². The zero-order valence-electron chi connectivity index (χ0n) is 11.0. The summed E-state index contributed by atoms with van der Waals surface area (Å²) in [7, 11) is 0.789. The van der Waals surface area contributed by atoms with Gasteiger partial charge in [0.2, 0.25) is 0 Å². The van der Waals surface area contributed by atoms with Crippen molar-refractivity contribution in [3.8, 4) is 0 Å². The van der Waals surface area contributed by atoms with Crippen LogP contribution in [-0.4, -0.2) is 28.6 Å². The maximum Gasteiger partial charge on any atom is 0.312 e. The van der Waals surface area contributed by atoms with Gasteiger partial charge in [-0.05, 0) is 41.5 Å². The zero-order valence-corrected chi connectivity index (χ0v) is 13.0. The molecule has 0 aliphatic carbocycles. The molecule has 0 saturated heterocycles. The molecule has 0 aromatic rings. The van der Waals surface area contributed by atoms with Gasteiger partial charge in [-0.15, -0.1) is 0 Å². The van der Waals surface area contributed by atoms with E-state index in [1.54, 1.807) is 0 Å². The molecule has 0 saturated carbocycles. The highest BCUT2D eigenvalue weighted by atomic mass is 28.1. The molecule has 0 bridgehead atoms. The molecular weight excluding hydrogens is 208 g/mol. The van der Waals surface area contributed by atoms with Crippen molar-refractivity contribution in [3.05, 3.63) is 11.3 Å². The normalized spacial score (nSPS) is 11.0. The lowest BCUT2D eigenvalue weighted by atomic mass is 10.5. The fourth-order valence-corrected chi connectivity index (χ4v) is 1.73. The summed E-state index contributed by atoms with van der Waals surface area (Å²) in [5, 5.41) is 0.840. The standard InChI is InChI=1S/C11H24O3Si/c1-7(2)12-10(13-8(3)4)11(15)14-9(5)6/h7-9H,1-6,15H3. The molecule has 0 heterocycles. The van der Waals surface area contributed by atoms with Gasteiger partial charge in [-0.1, -0.05) is 0 Å².